The summed E-state index contributed by atoms with van der Waals surface area (Å²) >= 11 is 0. The van der Waals surface area contributed by atoms with Crippen LogP contribution in [0.5, 0.6) is 5.75 Å². The van der Waals surface area contributed by atoms with Crippen molar-refractivity contribution >= 4 is 9.84 Å². The van der Waals surface area contributed by atoms with Gasteiger partial charge in [0.1, 0.15) is 5.75 Å². The van der Waals surface area contributed by atoms with Gasteiger partial charge < -0.3 is 9.84 Å². The van der Waals surface area contributed by atoms with E-state index in [1.54, 1.807) is 0 Å². The number of hydrogen-bond acceptors (Lipinski definition) is 4. The predicted molar refractivity (Wildman–Crippen MR) is 62.3 cm³/mol. The summed E-state index contributed by atoms with van der Waals surface area (Å²) in [4.78, 5) is 0. The van der Waals surface area contributed by atoms with E-state index in [2.05, 4.69) is 0 Å². The fraction of sp³-hybridized carbons (Fsp3) is 0.455. The van der Waals surface area contributed by atoms with E-state index < -0.39 is 9.84 Å². The van der Waals surface area contributed by atoms with Crippen LogP contribution >= 0.6 is 0 Å². The fourth-order valence-electron chi connectivity index (χ4n) is 1.23. The maximum Gasteiger partial charge on any atom is 0.152 e. The van der Waals surface area contributed by atoms with Crippen LogP contribution in [-0.4, -0.2) is 38.2 Å². The van der Waals surface area contributed by atoms with Gasteiger partial charge in [-0.2, -0.15) is 0 Å². The quantitative estimate of drug-likeness (QED) is 0.723. The first-order chi connectivity index (χ1) is 7.64. The molecule has 0 radical (unpaired) electrons. The SMILES string of the molecule is O=S(=O)(CCO)CCCOc1ccccc1. The molecule has 0 aliphatic carbocycles. The van der Waals surface area contributed by atoms with Gasteiger partial charge in [0, 0.05) is 0 Å². The molecule has 5 heteroatoms. The lowest BCUT2D eigenvalue weighted by Gasteiger charge is -2.05. The van der Waals surface area contributed by atoms with E-state index in [0.29, 0.717) is 13.0 Å². The van der Waals surface area contributed by atoms with E-state index in [1.807, 2.05) is 30.3 Å². The highest BCUT2D eigenvalue weighted by Crippen LogP contribution is 2.08. The maximum absolute atomic E-state index is 11.2. The van der Waals surface area contributed by atoms with Crippen LogP contribution in [0, 0.1) is 0 Å². The molecule has 0 aliphatic rings. The number of rotatable bonds is 7. The molecule has 0 amide bonds. The Bertz CT molecular complexity index is 386. The first kappa shape index (κ1) is 13.0. The molecule has 1 aromatic carbocycles. The average molecular weight is 244 g/mol. The molecule has 0 heterocycles. The van der Waals surface area contributed by atoms with Gasteiger partial charge in [0.15, 0.2) is 9.84 Å². The average Bonchev–Trinajstić information content (AvgIpc) is 2.26. The van der Waals surface area contributed by atoms with Gasteiger partial charge in [0.2, 0.25) is 0 Å². The Morgan fingerprint density at radius 3 is 2.44 bits per heavy atom. The molecule has 0 aliphatic heterocycles. The molecule has 0 bridgehead atoms. The van der Waals surface area contributed by atoms with Gasteiger partial charge in [-0.05, 0) is 18.6 Å². The number of sulfone groups is 1. The van der Waals surface area contributed by atoms with Gasteiger partial charge in [-0.25, -0.2) is 8.42 Å². The minimum Gasteiger partial charge on any atom is -0.494 e. The second-order valence-corrected chi connectivity index (χ2v) is 5.69. The molecule has 0 spiro atoms. The molecule has 16 heavy (non-hydrogen) atoms. The van der Waals surface area contributed by atoms with Crippen LogP contribution in [0.25, 0.3) is 0 Å². The minimum atomic E-state index is -3.12. The molecule has 0 aromatic heterocycles. The maximum atomic E-state index is 11.2. The van der Waals surface area contributed by atoms with Crippen molar-refractivity contribution in [3.63, 3.8) is 0 Å². The zero-order chi connectivity index (χ0) is 11.9. The van der Waals surface area contributed by atoms with Crippen molar-refractivity contribution in [2.24, 2.45) is 0 Å². The standard InChI is InChI=1S/C11H16O4S/c12-7-10-16(13,14)9-4-8-15-11-5-2-1-3-6-11/h1-3,5-6,12H,4,7-10H2. The number of para-hydroxylation sites is 1. The second kappa shape index (κ2) is 6.50. The highest BCUT2D eigenvalue weighted by atomic mass is 32.2. The molecule has 0 atom stereocenters. The Labute approximate surface area is 95.8 Å². The van der Waals surface area contributed by atoms with Crippen LogP contribution in [-0.2, 0) is 9.84 Å². The number of hydrogen-bond donors (Lipinski definition) is 1. The number of ether oxygens (including phenoxy) is 1. The summed E-state index contributed by atoms with van der Waals surface area (Å²) in [5.74, 6) is 0.626. The second-order valence-electron chi connectivity index (χ2n) is 3.39. The van der Waals surface area contributed by atoms with Crippen LogP contribution in [0.1, 0.15) is 6.42 Å². The normalized spacial score (nSPS) is 11.3. The topological polar surface area (TPSA) is 63.6 Å². The summed E-state index contributed by atoms with van der Waals surface area (Å²) in [5, 5.41) is 8.53. The van der Waals surface area contributed by atoms with Crippen molar-refractivity contribution in [1.82, 2.24) is 0 Å². The Hall–Kier alpha value is -1.07. The van der Waals surface area contributed by atoms with Gasteiger partial charge in [0.05, 0.1) is 24.7 Å². The molecule has 90 valence electrons. The lowest BCUT2D eigenvalue weighted by molar-refractivity contribution is 0.314. The lowest BCUT2D eigenvalue weighted by atomic mass is 10.3. The number of aliphatic hydroxyl groups is 1. The van der Waals surface area contributed by atoms with E-state index in [4.69, 9.17) is 9.84 Å². The van der Waals surface area contributed by atoms with Gasteiger partial charge in [0.25, 0.3) is 0 Å². The third kappa shape index (κ3) is 5.14. The molecule has 0 fully saturated rings. The molecule has 0 unspecified atom stereocenters. The first-order valence-corrected chi connectivity index (χ1v) is 6.95. The third-order valence-corrected chi connectivity index (χ3v) is 3.73. The van der Waals surface area contributed by atoms with Gasteiger partial charge in [-0.1, -0.05) is 18.2 Å². The summed E-state index contributed by atoms with van der Waals surface area (Å²) in [6, 6.07) is 9.25. The van der Waals surface area contributed by atoms with Crippen LogP contribution < -0.4 is 4.74 Å². The van der Waals surface area contributed by atoms with Crippen LogP contribution in [0.2, 0.25) is 0 Å². The van der Waals surface area contributed by atoms with Crippen molar-refractivity contribution in [3.8, 4) is 5.75 Å². The molecule has 1 rings (SSSR count). The summed E-state index contributed by atoms with van der Waals surface area (Å²) in [6.45, 7) is 0.0521. The molecule has 1 aromatic rings. The van der Waals surface area contributed by atoms with E-state index in [1.165, 1.54) is 0 Å². The van der Waals surface area contributed by atoms with Crippen LogP contribution in [0.4, 0.5) is 0 Å². The summed E-state index contributed by atoms with van der Waals surface area (Å²) in [6.07, 6.45) is 0.442. The molecule has 0 saturated carbocycles. The van der Waals surface area contributed by atoms with Crippen molar-refractivity contribution in [1.29, 1.82) is 0 Å². The fourth-order valence-corrected chi connectivity index (χ4v) is 2.27. The van der Waals surface area contributed by atoms with Gasteiger partial charge in [-0.3, -0.25) is 0 Å². The van der Waals surface area contributed by atoms with Gasteiger partial charge >= 0.3 is 0 Å². The van der Waals surface area contributed by atoms with Crippen molar-refractivity contribution in [2.75, 3.05) is 24.7 Å². The lowest BCUT2D eigenvalue weighted by Crippen LogP contribution is -2.15. The predicted octanol–water partition coefficient (Wildman–Crippen LogP) is 0.863. The van der Waals surface area contributed by atoms with E-state index in [0.717, 1.165) is 5.75 Å². The monoisotopic (exact) mass is 244 g/mol. The highest BCUT2D eigenvalue weighted by molar-refractivity contribution is 7.91. The third-order valence-electron chi connectivity index (χ3n) is 2.01. The smallest absolute Gasteiger partial charge is 0.152 e. The van der Waals surface area contributed by atoms with E-state index >= 15 is 0 Å². The molecule has 1 N–H and O–H groups in total. The number of aliphatic hydroxyl groups excluding tert-OH is 1. The van der Waals surface area contributed by atoms with E-state index in [9.17, 15) is 8.42 Å². The Morgan fingerprint density at radius 2 is 1.81 bits per heavy atom. The van der Waals surface area contributed by atoms with Crippen molar-refractivity contribution in [3.05, 3.63) is 30.3 Å². The molecular formula is C11H16O4S. The first-order valence-electron chi connectivity index (χ1n) is 5.13. The molecule has 0 saturated heterocycles. The minimum absolute atomic E-state index is 0.0559. The Morgan fingerprint density at radius 1 is 1.12 bits per heavy atom. The summed E-state index contributed by atoms with van der Waals surface area (Å²) in [7, 11) is -3.12. The Kier molecular flexibility index (Phi) is 5.28. The van der Waals surface area contributed by atoms with Crippen LogP contribution in [0.15, 0.2) is 30.3 Å². The zero-order valence-electron chi connectivity index (χ0n) is 9.00. The highest BCUT2D eigenvalue weighted by Gasteiger charge is 2.09. The van der Waals surface area contributed by atoms with Crippen LogP contribution in [0.3, 0.4) is 0 Å². The van der Waals surface area contributed by atoms with Crippen molar-refractivity contribution in [2.45, 2.75) is 6.42 Å². The van der Waals surface area contributed by atoms with Crippen molar-refractivity contribution < 1.29 is 18.3 Å². The zero-order valence-corrected chi connectivity index (χ0v) is 9.82. The largest absolute Gasteiger partial charge is 0.494 e. The number of benzene rings is 1. The summed E-state index contributed by atoms with van der Waals surface area (Å²) in [5.41, 5.74) is 0. The van der Waals surface area contributed by atoms with E-state index in [-0.39, 0.29) is 18.1 Å². The molecule has 4 nitrogen and oxygen atoms in total. The molecular weight excluding hydrogens is 228 g/mol. The Balaban J connectivity index is 2.22. The van der Waals surface area contributed by atoms with Gasteiger partial charge in [-0.15, -0.1) is 0 Å². The summed E-state index contributed by atoms with van der Waals surface area (Å²) < 4.78 is 27.8.